The van der Waals surface area contributed by atoms with E-state index in [1.165, 1.54) is 23.7 Å². The van der Waals surface area contributed by atoms with E-state index in [2.05, 4.69) is 17.4 Å². The Hall–Kier alpha value is -4.57. The normalized spacial score (nSPS) is 16.2. The highest BCUT2D eigenvalue weighted by atomic mass is 32.2. The van der Waals surface area contributed by atoms with Crippen molar-refractivity contribution in [2.24, 2.45) is 0 Å². The van der Waals surface area contributed by atoms with Gasteiger partial charge in [-0.2, -0.15) is 4.98 Å². The van der Waals surface area contributed by atoms with Gasteiger partial charge in [0, 0.05) is 24.5 Å². The minimum Gasteiger partial charge on any atom is -0.484 e. The lowest BCUT2D eigenvalue weighted by molar-refractivity contribution is -0.141. The number of hydrogen-bond acceptors (Lipinski definition) is 8. The fourth-order valence-corrected chi connectivity index (χ4v) is 6.20. The standard InChI is InChI=1S/C34H35N5O4S/c1-24-30(32(41)43-21-25-11-5-2-6-12-25)31(39-33(35-24)36-34(37-39)44-23-26-13-7-3-8-14-26)27-15-17-28(18-16-27)42-22-29(40)38-19-9-4-10-20-38/h2-3,5-8,11-18,31H,4,9-10,19-23H2,1H3,(H,35,36,37). The molecule has 226 valence electrons. The lowest BCUT2D eigenvalue weighted by Gasteiger charge is -2.28. The minimum absolute atomic E-state index is 0.00178. The van der Waals surface area contributed by atoms with Crippen LogP contribution in [-0.2, 0) is 26.7 Å². The largest absolute Gasteiger partial charge is 0.484 e. The third-order valence-corrected chi connectivity index (χ3v) is 8.65. The van der Waals surface area contributed by atoms with Crippen LogP contribution in [-0.4, -0.2) is 51.2 Å². The van der Waals surface area contributed by atoms with Crippen molar-refractivity contribution in [3.63, 3.8) is 0 Å². The van der Waals surface area contributed by atoms with E-state index in [1.807, 2.05) is 84.6 Å². The fraction of sp³-hybridized carbons (Fsp3) is 0.294. The number of anilines is 1. The molecule has 44 heavy (non-hydrogen) atoms. The van der Waals surface area contributed by atoms with Crippen LogP contribution in [0.1, 0.15) is 48.9 Å². The van der Waals surface area contributed by atoms with Crippen LogP contribution in [0.25, 0.3) is 0 Å². The van der Waals surface area contributed by atoms with E-state index in [0.717, 1.165) is 42.8 Å². The second kappa shape index (κ2) is 13.8. The molecule has 2 aliphatic rings. The fourth-order valence-electron chi connectivity index (χ4n) is 5.41. The molecule has 1 saturated heterocycles. The molecule has 3 heterocycles. The second-order valence-electron chi connectivity index (χ2n) is 10.9. The van der Waals surface area contributed by atoms with Crippen LogP contribution in [0.15, 0.2) is 101 Å². The predicted molar refractivity (Wildman–Crippen MR) is 169 cm³/mol. The molecule has 9 nitrogen and oxygen atoms in total. The van der Waals surface area contributed by atoms with Gasteiger partial charge in [-0.1, -0.05) is 84.6 Å². The number of allylic oxidation sites excluding steroid dienone is 1. The second-order valence-corrected chi connectivity index (χ2v) is 11.8. The molecule has 6 rings (SSSR count). The Morgan fingerprint density at radius 1 is 0.909 bits per heavy atom. The van der Waals surface area contributed by atoms with Crippen molar-refractivity contribution in [1.82, 2.24) is 19.7 Å². The highest BCUT2D eigenvalue weighted by Gasteiger charge is 2.35. The van der Waals surface area contributed by atoms with Gasteiger partial charge in [0.15, 0.2) is 6.61 Å². The number of hydrogen-bond donors (Lipinski definition) is 1. The van der Waals surface area contributed by atoms with Gasteiger partial charge in [-0.15, -0.1) is 5.10 Å². The Morgan fingerprint density at radius 3 is 2.30 bits per heavy atom. The van der Waals surface area contributed by atoms with Crippen molar-refractivity contribution in [2.75, 3.05) is 25.0 Å². The monoisotopic (exact) mass is 609 g/mol. The summed E-state index contributed by atoms with van der Waals surface area (Å²) in [5.74, 6) is 1.42. The van der Waals surface area contributed by atoms with Crippen LogP contribution in [0.5, 0.6) is 5.75 Å². The van der Waals surface area contributed by atoms with E-state index in [4.69, 9.17) is 19.6 Å². The summed E-state index contributed by atoms with van der Waals surface area (Å²) in [6.45, 7) is 3.58. The summed E-state index contributed by atoms with van der Waals surface area (Å²) < 4.78 is 13.4. The molecular formula is C34H35N5O4S. The number of piperidine rings is 1. The Bertz CT molecular complexity index is 1620. The smallest absolute Gasteiger partial charge is 0.338 e. The molecule has 1 N–H and O–H groups in total. The first-order valence-electron chi connectivity index (χ1n) is 14.9. The molecule has 2 aliphatic heterocycles. The van der Waals surface area contributed by atoms with Crippen molar-refractivity contribution >= 4 is 29.6 Å². The van der Waals surface area contributed by atoms with Gasteiger partial charge in [-0.3, -0.25) is 4.79 Å². The van der Waals surface area contributed by atoms with E-state index < -0.39 is 12.0 Å². The van der Waals surface area contributed by atoms with E-state index >= 15 is 0 Å². The summed E-state index contributed by atoms with van der Waals surface area (Å²) in [5, 5.41) is 8.70. The number of benzene rings is 3. The quantitative estimate of drug-likeness (QED) is 0.173. The molecule has 1 amide bonds. The molecule has 0 bridgehead atoms. The van der Waals surface area contributed by atoms with E-state index in [0.29, 0.717) is 28.1 Å². The van der Waals surface area contributed by atoms with Crippen molar-refractivity contribution in [1.29, 1.82) is 0 Å². The topological polar surface area (TPSA) is 98.6 Å². The van der Waals surface area contributed by atoms with E-state index in [-0.39, 0.29) is 19.1 Å². The molecule has 4 aromatic rings. The summed E-state index contributed by atoms with van der Waals surface area (Å²) in [5.41, 5.74) is 3.99. The molecule has 0 saturated carbocycles. The number of ether oxygens (including phenoxy) is 2. The molecular weight excluding hydrogens is 574 g/mol. The van der Waals surface area contributed by atoms with Crippen LogP contribution in [0, 0.1) is 0 Å². The number of esters is 1. The molecule has 3 aromatic carbocycles. The molecule has 0 aliphatic carbocycles. The number of likely N-dealkylation sites (tertiary alicyclic amines) is 1. The SMILES string of the molecule is CC1=C(C(=O)OCc2ccccc2)C(c2ccc(OCC(=O)N3CCCCC3)cc2)n2nc(SCc3ccccc3)nc2N1. The van der Waals surface area contributed by atoms with Gasteiger partial charge < -0.3 is 19.7 Å². The molecule has 0 radical (unpaired) electrons. The maximum absolute atomic E-state index is 13.6. The molecule has 1 aromatic heterocycles. The summed E-state index contributed by atoms with van der Waals surface area (Å²) in [6.07, 6.45) is 3.24. The number of carbonyl (C=O) groups is 2. The first-order chi connectivity index (χ1) is 21.5. The molecule has 0 spiro atoms. The number of amides is 1. The van der Waals surface area contributed by atoms with Crippen molar-refractivity contribution in [2.45, 2.75) is 49.7 Å². The Labute approximate surface area is 261 Å². The lowest BCUT2D eigenvalue weighted by atomic mass is 9.95. The highest BCUT2D eigenvalue weighted by molar-refractivity contribution is 7.98. The minimum atomic E-state index is -0.572. The van der Waals surface area contributed by atoms with Crippen molar-refractivity contribution < 1.29 is 19.1 Å². The summed E-state index contributed by atoms with van der Waals surface area (Å²) in [6, 6.07) is 26.6. The summed E-state index contributed by atoms with van der Waals surface area (Å²) in [4.78, 5) is 32.8. The van der Waals surface area contributed by atoms with E-state index in [1.54, 1.807) is 4.68 Å². The van der Waals surface area contributed by atoms with E-state index in [9.17, 15) is 9.59 Å². The van der Waals surface area contributed by atoms with Gasteiger partial charge in [0.1, 0.15) is 18.4 Å². The number of aromatic nitrogens is 3. The number of fused-ring (bicyclic) bond motifs is 1. The van der Waals surface area contributed by atoms with Gasteiger partial charge in [0.2, 0.25) is 11.1 Å². The molecule has 1 unspecified atom stereocenters. The molecule has 1 fully saturated rings. The molecule has 1 atom stereocenters. The first-order valence-corrected chi connectivity index (χ1v) is 15.9. The van der Waals surface area contributed by atoms with Gasteiger partial charge in [0.25, 0.3) is 5.91 Å². The third kappa shape index (κ3) is 6.97. The zero-order valence-electron chi connectivity index (χ0n) is 24.6. The summed E-state index contributed by atoms with van der Waals surface area (Å²) in [7, 11) is 0. The maximum atomic E-state index is 13.6. The summed E-state index contributed by atoms with van der Waals surface area (Å²) >= 11 is 1.53. The Kier molecular flexibility index (Phi) is 9.26. The predicted octanol–water partition coefficient (Wildman–Crippen LogP) is 5.99. The van der Waals surface area contributed by atoms with Crippen LogP contribution < -0.4 is 10.1 Å². The van der Waals surface area contributed by atoms with Crippen molar-refractivity contribution in [3.8, 4) is 5.75 Å². The number of nitrogens with zero attached hydrogens (tertiary/aromatic N) is 4. The van der Waals surface area contributed by atoms with Crippen LogP contribution in [0.2, 0.25) is 0 Å². The van der Waals surface area contributed by atoms with Gasteiger partial charge in [0.05, 0.1) is 5.57 Å². The number of carbonyl (C=O) groups excluding carboxylic acids is 2. The Morgan fingerprint density at radius 2 is 1.59 bits per heavy atom. The molecule has 10 heteroatoms. The van der Waals surface area contributed by atoms with Gasteiger partial charge >= 0.3 is 5.97 Å². The van der Waals surface area contributed by atoms with Crippen LogP contribution in [0.4, 0.5) is 5.95 Å². The average molecular weight is 610 g/mol. The zero-order chi connectivity index (χ0) is 30.3. The first kappa shape index (κ1) is 29.5. The number of rotatable bonds is 10. The van der Waals surface area contributed by atoms with Gasteiger partial charge in [-0.05, 0) is 55.0 Å². The third-order valence-electron chi connectivity index (χ3n) is 7.74. The number of thioether (sulfide) groups is 1. The highest BCUT2D eigenvalue weighted by Crippen LogP contribution is 2.37. The van der Waals surface area contributed by atoms with Crippen LogP contribution >= 0.6 is 11.8 Å². The number of nitrogens with one attached hydrogen (secondary N) is 1. The Balaban J connectivity index is 1.23. The zero-order valence-corrected chi connectivity index (χ0v) is 25.5. The van der Waals surface area contributed by atoms with Gasteiger partial charge in [-0.25, -0.2) is 9.48 Å². The van der Waals surface area contributed by atoms with Crippen LogP contribution in [0.3, 0.4) is 0 Å². The maximum Gasteiger partial charge on any atom is 0.338 e. The average Bonchev–Trinajstić information content (AvgIpc) is 3.48. The van der Waals surface area contributed by atoms with Crippen molar-refractivity contribution in [3.05, 3.63) is 113 Å². The lowest BCUT2D eigenvalue weighted by Crippen LogP contribution is -2.38.